The van der Waals surface area contributed by atoms with E-state index in [9.17, 15) is 79.1 Å². The topological polar surface area (TPSA) is 433 Å². The standard InChI is InChI=1S/C40H65F3N8O6S2.C17H21F3N4O4S.C16H34N4O3/c41-40(42,43)37(56)51-39-48-30-26-59-32(36(30)50-39)18-12-10-16-28(53)14-6-2-4-8-20-34(55)46-22-24-57-23-21-45-33(54)19-7-3-1-5-13-27(52)15-9-11-17-31-35-29(25-58-31)47-38(44)49-35;18-17(19,20)15(28)23-16-21-10-8-29-11(14(10)22-16)4-2-1-3-9(25)7-24-12(26)5-6-13(24)27;17-9-5-1-3-7-15(21)19-11-13-23-14-12-20-16(22)8-4-2-6-10-18/h29-32,35-36H,1-26H2,(H,45,54)(H,46,55)(H3,44,47,49)(H2,48,50,51,56);10-11,14H,1-8H2,(H2,21,22,23,28);1-14,17-18H2,(H,19,21)(H,20,22)/t29-,30-,31-,32-,35-,36-;10-,11-,14-;/m00./s1. The zero-order valence-corrected chi connectivity index (χ0v) is 66.4. The summed E-state index contributed by atoms with van der Waals surface area (Å²) in [7, 11) is 0. The Kier molecular flexibility index (Phi) is 46.1. The van der Waals surface area contributed by atoms with E-state index in [0.29, 0.717) is 164 Å². The van der Waals surface area contributed by atoms with Gasteiger partial charge in [0.1, 0.15) is 11.6 Å². The van der Waals surface area contributed by atoms with E-state index in [2.05, 4.69) is 52.2 Å². The van der Waals surface area contributed by atoms with Crippen LogP contribution in [0.3, 0.4) is 0 Å². The molecule has 7 rings (SSSR count). The third kappa shape index (κ3) is 39.5. The van der Waals surface area contributed by atoms with Crippen molar-refractivity contribution in [1.82, 2.24) is 52.8 Å². The summed E-state index contributed by atoms with van der Waals surface area (Å²) in [5.41, 5.74) is 16.6. The largest absolute Gasteiger partial charge is 0.471 e. The fraction of sp³-hybridized carbons (Fsp3) is 0.808. The second kappa shape index (κ2) is 53.7. The van der Waals surface area contributed by atoms with Crippen LogP contribution < -0.4 is 65.1 Å². The Bertz CT molecular complexity index is 2990. The minimum atomic E-state index is -4.97. The molecular weight excluding hydrogens is 1520 g/mol. The molecule has 4 saturated heterocycles. The summed E-state index contributed by atoms with van der Waals surface area (Å²) in [6.45, 7) is 4.67. The highest BCUT2D eigenvalue weighted by molar-refractivity contribution is 8.00. The number of halogens is 6. The van der Waals surface area contributed by atoms with Crippen LogP contribution in [0.5, 0.6) is 0 Å². The van der Waals surface area contributed by atoms with Crippen LogP contribution in [0.25, 0.3) is 0 Å². The first-order valence-corrected chi connectivity index (χ1v) is 42.8. The number of carbonyl (C=O) groups excluding carboxylic acids is 11. The number of unbranched alkanes of at least 4 members (excludes halogenated alkanes) is 13. The van der Waals surface area contributed by atoms with Crippen molar-refractivity contribution in [3.63, 3.8) is 0 Å². The molecule has 630 valence electrons. The monoisotopic (exact) mass is 1640 g/mol. The zero-order chi connectivity index (χ0) is 80.8. The van der Waals surface area contributed by atoms with Gasteiger partial charge < -0.3 is 63.9 Å². The lowest BCUT2D eigenvalue weighted by Crippen LogP contribution is -2.48. The highest BCUT2D eigenvalue weighted by Crippen LogP contribution is 2.38. The Hall–Kier alpha value is -6.35. The van der Waals surface area contributed by atoms with Gasteiger partial charge in [-0.15, -0.1) is 0 Å². The fourth-order valence-corrected chi connectivity index (χ4v) is 17.9. The number of carbonyl (C=O) groups is 11. The summed E-state index contributed by atoms with van der Waals surface area (Å²) >= 11 is 5.33. The molecule has 0 spiro atoms. The number of nitrogens with one attached hydrogen (secondary N) is 9. The Morgan fingerprint density at radius 3 is 1.20 bits per heavy atom. The highest BCUT2D eigenvalue weighted by atomic mass is 32.2. The van der Waals surface area contributed by atoms with Crippen LogP contribution in [0.4, 0.5) is 26.3 Å². The number of likely N-dealkylation sites (tertiary alicyclic amines) is 1. The van der Waals surface area contributed by atoms with E-state index in [0.717, 1.165) is 145 Å². The molecule has 8 amide bonds. The molecule has 7 aliphatic rings. The van der Waals surface area contributed by atoms with Crippen LogP contribution in [0.2, 0.25) is 0 Å². The van der Waals surface area contributed by atoms with E-state index in [4.69, 9.17) is 26.7 Å². The van der Waals surface area contributed by atoms with Gasteiger partial charge in [-0.3, -0.25) is 68.3 Å². The number of ketones is 3. The number of fused-ring (bicyclic) bond motifs is 3. The molecule has 0 radical (unpaired) electrons. The second-order valence-corrected chi connectivity index (χ2v) is 32.4. The predicted octanol–water partition coefficient (Wildman–Crippen LogP) is 5.47. The Balaban J connectivity index is 0.000000349. The summed E-state index contributed by atoms with van der Waals surface area (Å²) in [5, 5.41) is 24.6. The SMILES string of the molecule is NC1=N[C@H]2[C@H](CS[C@H]2CCCCC(=O)CCCCCCC(=O)NCCOCCNC(=O)CCCCCCC(=O)CCCC[C@@H]2SC[C@@H]3N=C(NC(=O)C(F)(F)F)N[C@@H]32)N1.NCCCCCC(=O)NCCOCCNC(=O)CCCCCN.O=C(CCCC[C@@H]1SC[C@@H]2NC(NC(=O)C(F)(F)F)=N[C@@H]21)CN1C(=O)CCC1=O. The van der Waals surface area contributed by atoms with Crippen molar-refractivity contribution in [2.45, 2.75) is 283 Å². The summed E-state index contributed by atoms with van der Waals surface area (Å²) in [4.78, 5) is 143. The van der Waals surface area contributed by atoms with Crippen molar-refractivity contribution >= 4 is 118 Å². The molecule has 9 atom stereocenters. The van der Waals surface area contributed by atoms with E-state index < -0.39 is 24.2 Å². The number of amides is 8. The minimum Gasteiger partial charge on any atom is -0.378 e. The molecule has 38 heteroatoms. The van der Waals surface area contributed by atoms with Crippen molar-refractivity contribution in [1.29, 1.82) is 0 Å². The van der Waals surface area contributed by atoms with E-state index in [1.54, 1.807) is 34.2 Å². The van der Waals surface area contributed by atoms with E-state index in [1.165, 1.54) is 0 Å². The summed E-state index contributed by atoms with van der Waals surface area (Å²) < 4.78 is 85.5. The Morgan fingerprint density at radius 2 is 0.784 bits per heavy atom. The van der Waals surface area contributed by atoms with Gasteiger partial charge in [-0.25, -0.2) is 15.0 Å². The quantitative estimate of drug-likeness (QED) is 0.0204. The number of thioether (sulfide) groups is 3. The van der Waals surface area contributed by atoms with Crippen LogP contribution in [-0.4, -0.2) is 241 Å². The third-order valence-corrected chi connectivity index (χ3v) is 23.9. The number of alkyl halides is 6. The highest BCUT2D eigenvalue weighted by Gasteiger charge is 2.47. The van der Waals surface area contributed by atoms with Crippen molar-refractivity contribution in [3.05, 3.63) is 0 Å². The first kappa shape index (κ1) is 95.2. The Morgan fingerprint density at radius 1 is 0.432 bits per heavy atom. The van der Waals surface area contributed by atoms with Gasteiger partial charge in [0.05, 0.1) is 69.2 Å². The van der Waals surface area contributed by atoms with E-state index in [-0.39, 0.29) is 125 Å². The number of nitrogens with two attached hydrogens (primary N) is 3. The number of hydrogen-bond acceptors (Lipinski definition) is 25. The number of ether oxygens (including phenoxy) is 2. The molecule has 0 unspecified atom stereocenters. The van der Waals surface area contributed by atoms with E-state index >= 15 is 0 Å². The maximum Gasteiger partial charge on any atom is 0.471 e. The number of hydrogen-bond donors (Lipinski definition) is 12. The molecule has 29 nitrogen and oxygen atoms in total. The van der Waals surface area contributed by atoms with Gasteiger partial charge in [-0.1, -0.05) is 57.8 Å². The maximum absolute atomic E-state index is 12.5. The lowest BCUT2D eigenvalue weighted by atomic mass is 10.0. The molecule has 0 aromatic rings. The lowest BCUT2D eigenvalue weighted by Gasteiger charge is -2.19. The van der Waals surface area contributed by atoms with Crippen LogP contribution in [0.15, 0.2) is 15.0 Å². The first-order chi connectivity index (χ1) is 53.2. The minimum absolute atomic E-state index is 0.00808. The summed E-state index contributed by atoms with van der Waals surface area (Å²) in [6.07, 6.45) is 14.9. The Labute approximate surface area is 660 Å². The molecule has 15 N–H and O–H groups in total. The molecule has 7 heterocycles. The summed E-state index contributed by atoms with van der Waals surface area (Å²) in [6, 6.07) is 0.0212. The van der Waals surface area contributed by atoms with Gasteiger partial charge in [0.2, 0.25) is 35.4 Å². The maximum atomic E-state index is 12.5. The molecule has 7 aliphatic heterocycles. The van der Waals surface area contributed by atoms with Crippen molar-refractivity contribution < 1.29 is 88.6 Å². The molecule has 4 fully saturated rings. The van der Waals surface area contributed by atoms with Crippen LogP contribution in [0.1, 0.15) is 218 Å². The predicted molar refractivity (Wildman–Crippen MR) is 416 cm³/mol. The number of nitrogens with zero attached hydrogens (tertiary/aromatic N) is 4. The van der Waals surface area contributed by atoms with Gasteiger partial charge in [-0.2, -0.15) is 61.6 Å². The molecular formula is C73H120F6N16O13S3. The molecule has 111 heavy (non-hydrogen) atoms. The van der Waals surface area contributed by atoms with Gasteiger partial charge in [-0.05, 0) is 103 Å². The summed E-state index contributed by atoms with van der Waals surface area (Å²) in [5.74, 6) is -1.59. The van der Waals surface area contributed by atoms with Crippen LogP contribution >= 0.6 is 35.3 Å². The molecule has 0 aromatic heterocycles. The molecule has 0 aromatic carbocycles. The average Bonchev–Trinajstić information content (AvgIpc) is 1.67. The van der Waals surface area contributed by atoms with Crippen molar-refractivity contribution in [2.24, 2.45) is 32.2 Å². The average molecular weight is 1640 g/mol. The van der Waals surface area contributed by atoms with Crippen LogP contribution in [-0.2, 0) is 62.2 Å². The number of guanidine groups is 3. The van der Waals surface area contributed by atoms with E-state index in [1.807, 2.05) is 11.8 Å². The van der Waals surface area contributed by atoms with Crippen molar-refractivity contribution in [2.75, 3.05) is 89.5 Å². The molecule has 0 bridgehead atoms. The van der Waals surface area contributed by atoms with Gasteiger partial charge in [0, 0.05) is 130 Å². The third-order valence-electron chi connectivity index (χ3n) is 19.4. The normalized spacial score (nSPS) is 21.4. The fourth-order valence-electron chi connectivity index (χ4n) is 13.4. The zero-order valence-electron chi connectivity index (χ0n) is 64.0. The van der Waals surface area contributed by atoms with Crippen LogP contribution in [0, 0.1) is 0 Å². The lowest BCUT2D eigenvalue weighted by molar-refractivity contribution is -0.172. The van der Waals surface area contributed by atoms with Gasteiger partial charge >= 0.3 is 24.2 Å². The number of Topliss-reactive ketones (excluding diaryl/α,β-unsaturated/α-hetero) is 3. The van der Waals surface area contributed by atoms with Gasteiger partial charge in [0.25, 0.3) is 0 Å². The number of aliphatic imine (C=N–C) groups is 3. The molecule has 0 saturated carbocycles. The van der Waals surface area contributed by atoms with Gasteiger partial charge in [0.15, 0.2) is 23.7 Å². The number of imide groups is 1. The first-order valence-electron chi connectivity index (χ1n) is 39.6. The smallest absolute Gasteiger partial charge is 0.378 e. The number of rotatable bonds is 53. The second-order valence-electron chi connectivity index (χ2n) is 28.6. The van der Waals surface area contributed by atoms with Crippen molar-refractivity contribution in [3.8, 4) is 0 Å². The molecule has 0 aliphatic carbocycles.